The van der Waals surface area contributed by atoms with Gasteiger partial charge >= 0.3 is 0 Å². The van der Waals surface area contributed by atoms with E-state index in [1.165, 1.54) is 38.5 Å². The fourth-order valence-electron chi connectivity index (χ4n) is 3.91. The molecule has 146 valence electrons. The van der Waals surface area contributed by atoms with E-state index >= 15 is 0 Å². The Labute approximate surface area is 167 Å². The van der Waals surface area contributed by atoms with E-state index in [2.05, 4.69) is 27.6 Å². The number of hydrogen-bond acceptors (Lipinski definition) is 2. The second-order valence-corrected chi connectivity index (χ2v) is 7.92. The van der Waals surface area contributed by atoms with Gasteiger partial charge in [0.1, 0.15) is 0 Å². The molecule has 0 aromatic carbocycles. The second-order valence-electron chi connectivity index (χ2n) is 7.92. The highest BCUT2D eigenvalue weighted by molar-refractivity contribution is 5.75. The standard InChI is InChI=1S/C21H28N4O.ClH/c26-21(22-18-10-11-18)15-25-12-4-7-17(14-25)20-13-19(23-24-20)9-8-16-5-2-1-3-6-16;/h4,7,12-14,16,18H,1-3,5-6,8-11,15H2,(H-,22,23,24,26);1H. The molecule has 2 aliphatic carbocycles. The molecule has 0 saturated heterocycles. The Bertz CT molecular complexity index is 750. The molecule has 2 N–H and O–H groups in total. The van der Waals surface area contributed by atoms with Crippen LogP contribution in [0.5, 0.6) is 0 Å². The van der Waals surface area contributed by atoms with Gasteiger partial charge in [0.2, 0.25) is 6.54 Å². The lowest BCUT2D eigenvalue weighted by Gasteiger charge is -2.20. The molecule has 6 heteroatoms. The summed E-state index contributed by atoms with van der Waals surface area (Å²) >= 11 is 0. The predicted molar refractivity (Wildman–Crippen MR) is 100 cm³/mol. The molecule has 4 rings (SSSR count). The van der Waals surface area contributed by atoms with Gasteiger partial charge in [0.05, 0.1) is 17.0 Å². The van der Waals surface area contributed by atoms with Crippen LogP contribution >= 0.6 is 0 Å². The molecule has 2 heterocycles. The van der Waals surface area contributed by atoms with Crippen LogP contribution < -0.4 is 22.3 Å². The summed E-state index contributed by atoms with van der Waals surface area (Å²) in [6.45, 7) is 0.368. The number of aryl methyl sites for hydroxylation is 1. The van der Waals surface area contributed by atoms with Crippen LogP contribution in [0.4, 0.5) is 0 Å². The van der Waals surface area contributed by atoms with Crippen molar-refractivity contribution in [2.75, 3.05) is 0 Å². The lowest BCUT2D eigenvalue weighted by molar-refractivity contribution is -0.684. The smallest absolute Gasteiger partial charge is 0.286 e. The van der Waals surface area contributed by atoms with Crippen molar-refractivity contribution in [3.05, 3.63) is 36.3 Å². The Balaban J connectivity index is 0.00000210. The highest BCUT2D eigenvalue weighted by atomic mass is 35.5. The van der Waals surface area contributed by atoms with E-state index < -0.39 is 0 Å². The quantitative estimate of drug-likeness (QED) is 0.664. The third-order valence-electron chi connectivity index (χ3n) is 5.60. The van der Waals surface area contributed by atoms with Crippen LogP contribution in [0.15, 0.2) is 30.6 Å². The highest BCUT2D eigenvalue weighted by Crippen LogP contribution is 2.27. The minimum absolute atomic E-state index is 0. The fraction of sp³-hybridized carbons (Fsp3) is 0.571. The van der Waals surface area contributed by atoms with Crippen molar-refractivity contribution in [2.24, 2.45) is 5.92 Å². The molecule has 2 aromatic heterocycles. The summed E-state index contributed by atoms with van der Waals surface area (Å²) in [6.07, 6.45) is 15.5. The zero-order valence-corrected chi connectivity index (χ0v) is 16.5. The first-order valence-corrected chi connectivity index (χ1v) is 10.1. The topological polar surface area (TPSA) is 61.7 Å². The first kappa shape index (κ1) is 19.9. The van der Waals surface area contributed by atoms with Gasteiger partial charge in [-0.15, -0.1) is 0 Å². The normalized spacial score (nSPS) is 17.3. The first-order chi connectivity index (χ1) is 12.8. The van der Waals surface area contributed by atoms with Gasteiger partial charge in [0.15, 0.2) is 12.4 Å². The zero-order valence-electron chi connectivity index (χ0n) is 15.8. The first-order valence-electron chi connectivity index (χ1n) is 10.1. The number of nitrogens with zero attached hydrogens (tertiary/aromatic N) is 2. The minimum atomic E-state index is 0. The van der Waals surface area contributed by atoms with Crippen molar-refractivity contribution in [1.82, 2.24) is 15.5 Å². The molecular weight excluding hydrogens is 360 g/mol. The molecule has 0 radical (unpaired) electrons. The van der Waals surface area contributed by atoms with Crippen molar-refractivity contribution in [3.8, 4) is 11.3 Å². The molecule has 2 aromatic rings. The summed E-state index contributed by atoms with van der Waals surface area (Å²) in [4.78, 5) is 12.0. The minimum Gasteiger partial charge on any atom is -1.00 e. The van der Waals surface area contributed by atoms with Gasteiger partial charge in [-0.3, -0.25) is 9.89 Å². The number of H-pyrrole nitrogens is 1. The largest absolute Gasteiger partial charge is 1.00 e. The van der Waals surface area contributed by atoms with Gasteiger partial charge in [-0.25, -0.2) is 0 Å². The van der Waals surface area contributed by atoms with Crippen LogP contribution in [0.1, 0.15) is 57.1 Å². The second kappa shape index (κ2) is 9.36. The van der Waals surface area contributed by atoms with E-state index in [-0.39, 0.29) is 18.3 Å². The number of aromatic amines is 1. The average Bonchev–Trinajstić information content (AvgIpc) is 3.34. The van der Waals surface area contributed by atoms with Crippen molar-refractivity contribution < 1.29 is 21.8 Å². The van der Waals surface area contributed by atoms with Crippen LogP contribution in [0, 0.1) is 5.92 Å². The third-order valence-corrected chi connectivity index (χ3v) is 5.60. The summed E-state index contributed by atoms with van der Waals surface area (Å²) < 4.78 is 1.94. The molecule has 0 atom stereocenters. The third kappa shape index (κ3) is 5.80. The van der Waals surface area contributed by atoms with Crippen LogP contribution in [0.25, 0.3) is 11.3 Å². The number of carbonyl (C=O) groups is 1. The number of halogens is 1. The van der Waals surface area contributed by atoms with Crippen molar-refractivity contribution in [1.29, 1.82) is 0 Å². The van der Waals surface area contributed by atoms with Crippen LogP contribution in [-0.4, -0.2) is 22.1 Å². The number of nitrogens with one attached hydrogen (secondary N) is 2. The van der Waals surface area contributed by atoms with Crippen molar-refractivity contribution in [3.63, 3.8) is 0 Å². The lowest BCUT2D eigenvalue weighted by atomic mass is 9.86. The van der Waals surface area contributed by atoms with Gasteiger partial charge in [0.25, 0.3) is 5.91 Å². The van der Waals surface area contributed by atoms with E-state index in [0.29, 0.717) is 12.6 Å². The number of rotatable bonds is 7. The van der Waals surface area contributed by atoms with Crippen molar-refractivity contribution >= 4 is 5.91 Å². The highest BCUT2D eigenvalue weighted by Gasteiger charge is 2.24. The number of aromatic nitrogens is 3. The van der Waals surface area contributed by atoms with Crippen LogP contribution in [-0.2, 0) is 17.8 Å². The summed E-state index contributed by atoms with van der Waals surface area (Å²) in [5, 5.41) is 10.7. The maximum absolute atomic E-state index is 12.0. The van der Waals surface area contributed by atoms with Gasteiger partial charge < -0.3 is 17.7 Å². The number of carbonyl (C=O) groups excluding carboxylic acids is 1. The van der Waals surface area contributed by atoms with E-state index in [0.717, 1.165) is 42.1 Å². The molecule has 27 heavy (non-hydrogen) atoms. The molecule has 5 nitrogen and oxygen atoms in total. The SMILES string of the molecule is O=C(C[n+]1cccc(-c2cc(CCC3CCCCC3)n[nH]2)c1)NC1CC1.[Cl-]. The Morgan fingerprint density at radius 2 is 2.04 bits per heavy atom. The molecule has 2 aliphatic rings. The summed E-state index contributed by atoms with van der Waals surface area (Å²) in [5.41, 5.74) is 3.25. The fourth-order valence-corrected chi connectivity index (χ4v) is 3.91. The monoisotopic (exact) mass is 388 g/mol. The molecule has 0 unspecified atom stereocenters. The van der Waals surface area contributed by atoms with Gasteiger partial charge in [0, 0.05) is 12.1 Å². The molecule has 2 saturated carbocycles. The van der Waals surface area contributed by atoms with Gasteiger partial charge in [-0.1, -0.05) is 32.1 Å². The average molecular weight is 389 g/mol. The van der Waals surface area contributed by atoms with E-state index in [1.807, 2.05) is 23.0 Å². The zero-order chi connectivity index (χ0) is 17.8. The molecule has 2 fully saturated rings. The summed E-state index contributed by atoms with van der Waals surface area (Å²) in [6, 6.07) is 6.62. The Morgan fingerprint density at radius 1 is 1.22 bits per heavy atom. The Hall–Kier alpha value is -1.88. The Kier molecular flexibility index (Phi) is 6.89. The lowest BCUT2D eigenvalue weighted by Crippen LogP contribution is -3.00. The molecule has 0 spiro atoms. The van der Waals surface area contributed by atoms with Gasteiger partial charge in [-0.2, -0.15) is 9.67 Å². The van der Waals surface area contributed by atoms with E-state index in [9.17, 15) is 4.79 Å². The van der Waals surface area contributed by atoms with Crippen LogP contribution in [0.2, 0.25) is 0 Å². The van der Waals surface area contributed by atoms with E-state index in [1.54, 1.807) is 0 Å². The molecular formula is C21H29ClN4O. The van der Waals surface area contributed by atoms with Crippen LogP contribution in [0.3, 0.4) is 0 Å². The Morgan fingerprint density at radius 3 is 2.81 bits per heavy atom. The number of pyridine rings is 1. The predicted octanol–water partition coefficient (Wildman–Crippen LogP) is 0.160. The van der Waals surface area contributed by atoms with E-state index in [4.69, 9.17) is 0 Å². The van der Waals surface area contributed by atoms with Gasteiger partial charge in [-0.05, 0) is 43.7 Å². The summed E-state index contributed by atoms with van der Waals surface area (Å²) in [7, 11) is 0. The molecule has 1 amide bonds. The maximum atomic E-state index is 12.0. The number of hydrogen-bond donors (Lipinski definition) is 2. The molecule has 0 bridgehead atoms. The molecule has 0 aliphatic heterocycles. The number of amides is 1. The maximum Gasteiger partial charge on any atom is 0.286 e. The van der Waals surface area contributed by atoms with Crippen molar-refractivity contribution in [2.45, 2.75) is 70.4 Å². The summed E-state index contributed by atoms with van der Waals surface area (Å²) in [5.74, 6) is 0.972.